The molecule has 2 aliphatic rings. The third kappa shape index (κ3) is 8.70. The summed E-state index contributed by atoms with van der Waals surface area (Å²) in [6.07, 6.45) is 10.3. The molecule has 5 aromatic rings. The maximum absolute atomic E-state index is 6.22. The minimum atomic E-state index is 0.677. The standard InChI is InChI=1S/C44H50N6O2/c1-49(2,3)23-9-25-51-43-13-7-11-37(31-43)47-39-19-20-40(47)28-34-16-18-36(46-34)30-42-22-21-41(29-35-17-15-33(27-39)45-35)48(42)38-12-8-14-44(32-38)52-26-10-24-50(4,5)6/h7-8,11-22,27-32H,9-10,23-26H2,1-6H3/q+2. The first-order valence-corrected chi connectivity index (χ1v) is 18.1. The van der Waals surface area contributed by atoms with E-state index in [-0.39, 0.29) is 0 Å². The molecule has 0 atom stereocenters. The molecule has 0 fully saturated rings. The summed E-state index contributed by atoms with van der Waals surface area (Å²) >= 11 is 0. The van der Waals surface area contributed by atoms with E-state index in [4.69, 9.17) is 19.4 Å². The van der Waals surface area contributed by atoms with Crippen molar-refractivity contribution < 1.29 is 18.4 Å². The van der Waals surface area contributed by atoms with E-state index in [1.54, 1.807) is 0 Å². The Morgan fingerprint density at radius 1 is 0.462 bits per heavy atom. The number of quaternary nitrogens is 2. The second-order valence-electron chi connectivity index (χ2n) is 15.6. The zero-order valence-corrected chi connectivity index (χ0v) is 31.3. The fraction of sp³-hybridized carbons (Fsp3) is 0.273. The summed E-state index contributed by atoms with van der Waals surface area (Å²) < 4.78 is 18.8. The van der Waals surface area contributed by atoms with Crippen molar-refractivity contribution in [1.82, 2.24) is 19.1 Å². The summed E-state index contributed by atoms with van der Waals surface area (Å²) in [6, 6.07) is 33.8. The lowest BCUT2D eigenvalue weighted by Gasteiger charge is -2.23. The molecule has 0 unspecified atom stereocenters. The van der Waals surface area contributed by atoms with E-state index in [1.807, 2.05) is 12.1 Å². The number of aromatic nitrogens is 4. The van der Waals surface area contributed by atoms with E-state index in [0.717, 1.165) is 103 Å². The largest absolute Gasteiger partial charge is 0.493 e. The lowest BCUT2D eigenvalue weighted by molar-refractivity contribution is -0.870. The Morgan fingerprint density at radius 3 is 1.13 bits per heavy atom. The molecule has 7 rings (SSSR count). The monoisotopic (exact) mass is 694 g/mol. The van der Waals surface area contributed by atoms with Gasteiger partial charge >= 0.3 is 0 Å². The molecule has 5 heterocycles. The average Bonchev–Trinajstić information content (AvgIpc) is 3.90. The Kier molecular flexibility index (Phi) is 9.86. The first-order valence-electron chi connectivity index (χ1n) is 18.1. The molecule has 266 valence electrons. The van der Waals surface area contributed by atoms with Crippen molar-refractivity contribution in [2.45, 2.75) is 12.8 Å². The van der Waals surface area contributed by atoms with E-state index < -0.39 is 0 Å². The molecule has 0 saturated heterocycles. The van der Waals surface area contributed by atoms with Crippen LogP contribution in [0.25, 0.3) is 57.7 Å². The number of rotatable bonds is 12. The zero-order chi connectivity index (χ0) is 36.3. The van der Waals surface area contributed by atoms with Crippen molar-refractivity contribution in [2.75, 3.05) is 68.6 Å². The third-order valence-electron chi connectivity index (χ3n) is 9.07. The summed E-state index contributed by atoms with van der Waals surface area (Å²) in [5.41, 5.74) is 9.68. The van der Waals surface area contributed by atoms with Crippen LogP contribution >= 0.6 is 0 Å². The van der Waals surface area contributed by atoms with Crippen molar-refractivity contribution in [3.05, 3.63) is 120 Å². The van der Waals surface area contributed by atoms with Crippen molar-refractivity contribution in [3.8, 4) is 22.9 Å². The van der Waals surface area contributed by atoms with Crippen molar-refractivity contribution >= 4 is 46.4 Å². The van der Waals surface area contributed by atoms with Crippen LogP contribution in [0.5, 0.6) is 11.5 Å². The van der Waals surface area contributed by atoms with E-state index in [2.05, 4.69) is 161 Å². The highest BCUT2D eigenvalue weighted by atomic mass is 16.5. The zero-order valence-electron chi connectivity index (χ0n) is 31.3. The molecule has 2 aromatic carbocycles. The Morgan fingerprint density at radius 2 is 0.808 bits per heavy atom. The Labute approximate surface area is 307 Å². The van der Waals surface area contributed by atoms with Crippen LogP contribution in [0, 0.1) is 0 Å². The Bertz CT molecular complexity index is 2050. The molecular formula is C44H50N6O2+2. The summed E-state index contributed by atoms with van der Waals surface area (Å²) in [6.45, 7) is 3.47. The average molecular weight is 695 g/mol. The normalized spacial score (nSPS) is 12.7. The predicted molar refractivity (Wildman–Crippen MR) is 215 cm³/mol. The van der Waals surface area contributed by atoms with Crippen LogP contribution in [-0.2, 0) is 0 Å². The van der Waals surface area contributed by atoms with Gasteiger partial charge in [-0.15, -0.1) is 0 Å². The van der Waals surface area contributed by atoms with Gasteiger partial charge < -0.3 is 27.6 Å². The second kappa shape index (κ2) is 14.7. The van der Waals surface area contributed by atoms with Crippen LogP contribution in [0.15, 0.2) is 97.1 Å². The fourth-order valence-corrected chi connectivity index (χ4v) is 6.58. The minimum Gasteiger partial charge on any atom is -0.493 e. The van der Waals surface area contributed by atoms with Gasteiger partial charge in [0.15, 0.2) is 0 Å². The molecule has 0 saturated carbocycles. The number of nitrogens with zero attached hydrogens (tertiary/aromatic N) is 6. The van der Waals surface area contributed by atoms with Gasteiger partial charge in [0.25, 0.3) is 0 Å². The summed E-state index contributed by atoms with van der Waals surface area (Å²) in [5.74, 6) is 1.72. The summed E-state index contributed by atoms with van der Waals surface area (Å²) in [5, 5.41) is 0. The molecule has 8 heteroatoms. The van der Waals surface area contributed by atoms with Crippen LogP contribution in [0.1, 0.15) is 35.6 Å². The minimum absolute atomic E-state index is 0.677. The van der Waals surface area contributed by atoms with Gasteiger partial charge in [0.1, 0.15) is 11.5 Å². The van der Waals surface area contributed by atoms with Gasteiger partial charge in [-0.1, -0.05) is 12.1 Å². The van der Waals surface area contributed by atoms with Crippen LogP contribution in [0.4, 0.5) is 0 Å². The van der Waals surface area contributed by atoms with Crippen molar-refractivity contribution in [2.24, 2.45) is 0 Å². The molecule has 3 aromatic heterocycles. The maximum Gasteiger partial charge on any atom is 0.121 e. The topological polar surface area (TPSA) is 54.1 Å². The number of ether oxygens (including phenoxy) is 2. The molecule has 0 amide bonds. The third-order valence-corrected chi connectivity index (χ3v) is 9.07. The highest BCUT2D eigenvalue weighted by molar-refractivity contribution is 5.80. The Hall–Kier alpha value is -5.44. The fourth-order valence-electron chi connectivity index (χ4n) is 6.58. The van der Waals surface area contributed by atoms with Crippen molar-refractivity contribution in [3.63, 3.8) is 0 Å². The highest BCUT2D eigenvalue weighted by Crippen LogP contribution is 2.27. The van der Waals surface area contributed by atoms with Crippen LogP contribution in [0.2, 0.25) is 0 Å². The molecule has 8 nitrogen and oxygen atoms in total. The number of hydrogen-bond acceptors (Lipinski definition) is 4. The SMILES string of the molecule is C[N+](C)(C)CCCOc1cccc(-n2c3ccc2cc2nc(cc4ccc(cc5nc(c3)C=C5)n4-c3cccc(OCCC[N+](C)(C)C)c3)C=C2)c1. The lowest BCUT2D eigenvalue weighted by Crippen LogP contribution is -2.36. The Balaban J connectivity index is 1.30. The van der Waals surface area contributed by atoms with Gasteiger partial charge in [0, 0.05) is 58.4 Å². The van der Waals surface area contributed by atoms with E-state index in [1.165, 1.54) is 0 Å². The molecule has 0 aliphatic carbocycles. The predicted octanol–water partition coefficient (Wildman–Crippen LogP) is 8.53. The summed E-state index contributed by atoms with van der Waals surface area (Å²) in [4.78, 5) is 10.1. The maximum atomic E-state index is 6.22. The molecular weight excluding hydrogens is 645 g/mol. The second-order valence-corrected chi connectivity index (χ2v) is 15.6. The first kappa shape index (κ1) is 35.0. The van der Waals surface area contributed by atoms with Gasteiger partial charge in [0.05, 0.1) is 91.4 Å². The highest BCUT2D eigenvalue weighted by Gasteiger charge is 2.12. The van der Waals surface area contributed by atoms with Crippen molar-refractivity contribution in [1.29, 1.82) is 0 Å². The van der Waals surface area contributed by atoms with E-state index >= 15 is 0 Å². The summed E-state index contributed by atoms with van der Waals surface area (Å²) in [7, 11) is 13.2. The molecule has 52 heavy (non-hydrogen) atoms. The first-order chi connectivity index (χ1) is 25.0. The number of hydrogen-bond donors (Lipinski definition) is 0. The van der Waals surface area contributed by atoms with Crippen LogP contribution < -0.4 is 9.47 Å². The van der Waals surface area contributed by atoms with E-state index in [9.17, 15) is 0 Å². The smallest absolute Gasteiger partial charge is 0.121 e. The number of fused-ring (bicyclic) bond motifs is 8. The van der Waals surface area contributed by atoms with Gasteiger partial charge in [-0.2, -0.15) is 0 Å². The molecule has 0 spiro atoms. The van der Waals surface area contributed by atoms with Gasteiger partial charge in [-0.25, -0.2) is 9.97 Å². The quantitative estimate of drug-likeness (QED) is 0.0951. The molecule has 0 N–H and O–H groups in total. The van der Waals surface area contributed by atoms with Crippen LogP contribution in [0.3, 0.4) is 0 Å². The molecule has 8 bridgehead atoms. The lowest BCUT2D eigenvalue weighted by atomic mass is 10.2. The van der Waals surface area contributed by atoms with Crippen LogP contribution in [-0.4, -0.2) is 96.7 Å². The van der Waals surface area contributed by atoms with Gasteiger partial charge in [-0.05, 0) is 97.1 Å². The van der Waals surface area contributed by atoms with Gasteiger partial charge in [0.2, 0.25) is 0 Å². The van der Waals surface area contributed by atoms with Gasteiger partial charge in [-0.3, -0.25) is 0 Å². The number of benzene rings is 2. The molecule has 2 aliphatic heterocycles. The molecule has 0 radical (unpaired) electrons. The van der Waals surface area contributed by atoms with E-state index in [0.29, 0.717) is 13.2 Å².